The van der Waals surface area contributed by atoms with Crippen molar-refractivity contribution in [3.8, 4) is 6.07 Å². The zero-order valence-corrected chi connectivity index (χ0v) is 8.86. The van der Waals surface area contributed by atoms with Crippen LogP contribution in [0.2, 0.25) is 0 Å². The second kappa shape index (κ2) is 3.36. The van der Waals surface area contributed by atoms with Gasteiger partial charge in [-0.3, -0.25) is 4.98 Å². The molecule has 1 aromatic carbocycles. The Balaban J connectivity index is 2.63. The number of nitriles is 1. The highest BCUT2D eigenvalue weighted by molar-refractivity contribution is 5.79. The second-order valence-corrected chi connectivity index (χ2v) is 4.15. The highest BCUT2D eigenvalue weighted by atomic mass is 14.7. The lowest BCUT2D eigenvalue weighted by Gasteiger charge is -2.15. The number of rotatable bonds is 1. The molecule has 2 aromatic rings. The van der Waals surface area contributed by atoms with E-state index in [2.05, 4.69) is 11.1 Å². The lowest BCUT2D eigenvalue weighted by molar-refractivity contribution is 0.684. The molecule has 0 saturated carbocycles. The Labute approximate surface area is 89.2 Å². The summed E-state index contributed by atoms with van der Waals surface area (Å²) < 4.78 is 0. The van der Waals surface area contributed by atoms with Crippen molar-refractivity contribution >= 4 is 10.9 Å². The summed E-state index contributed by atoms with van der Waals surface area (Å²) in [4.78, 5) is 4.34. The summed E-state index contributed by atoms with van der Waals surface area (Å²) in [6, 6.07) is 12.2. The molecule has 0 saturated heterocycles. The molecule has 0 bridgehead atoms. The predicted molar refractivity (Wildman–Crippen MR) is 60.4 cm³/mol. The lowest BCUT2D eigenvalue weighted by Crippen LogP contribution is -2.13. The molecule has 0 N–H and O–H groups in total. The molecule has 0 spiro atoms. The molecule has 0 atom stereocenters. The van der Waals surface area contributed by atoms with Gasteiger partial charge in [-0.15, -0.1) is 0 Å². The summed E-state index contributed by atoms with van der Waals surface area (Å²) in [5, 5.41) is 10.1. The Morgan fingerprint density at radius 3 is 2.73 bits per heavy atom. The van der Waals surface area contributed by atoms with Crippen molar-refractivity contribution in [2.45, 2.75) is 19.3 Å². The summed E-state index contributed by atoms with van der Waals surface area (Å²) in [6.07, 6.45) is 1.78. The molecule has 2 rings (SSSR count). The van der Waals surface area contributed by atoms with Crippen molar-refractivity contribution in [1.29, 1.82) is 5.26 Å². The van der Waals surface area contributed by atoms with Gasteiger partial charge in [0.1, 0.15) is 0 Å². The van der Waals surface area contributed by atoms with E-state index in [4.69, 9.17) is 5.26 Å². The van der Waals surface area contributed by atoms with Gasteiger partial charge in [0, 0.05) is 11.6 Å². The number of pyridine rings is 1. The van der Waals surface area contributed by atoms with Crippen LogP contribution in [0, 0.1) is 11.3 Å². The monoisotopic (exact) mass is 196 g/mol. The summed E-state index contributed by atoms with van der Waals surface area (Å²) in [6.45, 7) is 3.80. The molecule has 2 heteroatoms. The van der Waals surface area contributed by atoms with Crippen LogP contribution in [-0.2, 0) is 5.41 Å². The Hall–Kier alpha value is -1.88. The van der Waals surface area contributed by atoms with Crippen LogP contribution in [0.1, 0.15) is 19.4 Å². The van der Waals surface area contributed by atoms with Crippen LogP contribution in [0.25, 0.3) is 10.9 Å². The maximum atomic E-state index is 9.04. The van der Waals surface area contributed by atoms with Gasteiger partial charge in [0.2, 0.25) is 0 Å². The molecule has 2 nitrogen and oxygen atoms in total. The first-order valence-corrected chi connectivity index (χ1v) is 4.90. The Kier molecular flexibility index (Phi) is 2.17. The highest BCUT2D eigenvalue weighted by Crippen LogP contribution is 2.24. The zero-order valence-electron chi connectivity index (χ0n) is 8.86. The first-order chi connectivity index (χ1) is 7.13. The van der Waals surface area contributed by atoms with E-state index in [0.29, 0.717) is 0 Å². The van der Waals surface area contributed by atoms with Crippen molar-refractivity contribution in [2.24, 2.45) is 0 Å². The molecule has 15 heavy (non-hydrogen) atoms. The van der Waals surface area contributed by atoms with Crippen molar-refractivity contribution < 1.29 is 0 Å². The van der Waals surface area contributed by atoms with Gasteiger partial charge < -0.3 is 0 Å². The number of fused-ring (bicyclic) bond motifs is 1. The number of hydrogen-bond donors (Lipinski definition) is 0. The molecular weight excluding hydrogens is 184 g/mol. The standard InChI is InChI=1S/C13H12N2/c1-13(2,9-14)11-7-10-5-3-4-6-12(10)15-8-11/h3-8H,1-2H3. The number of hydrogen-bond acceptors (Lipinski definition) is 2. The van der Waals surface area contributed by atoms with Gasteiger partial charge in [0.25, 0.3) is 0 Å². The van der Waals surface area contributed by atoms with Gasteiger partial charge in [-0.1, -0.05) is 18.2 Å². The van der Waals surface area contributed by atoms with Gasteiger partial charge in [-0.2, -0.15) is 5.26 Å². The maximum absolute atomic E-state index is 9.04. The summed E-state index contributed by atoms with van der Waals surface area (Å²) in [7, 11) is 0. The minimum atomic E-state index is -0.475. The molecule has 0 unspecified atom stereocenters. The van der Waals surface area contributed by atoms with Gasteiger partial charge in [0.05, 0.1) is 17.0 Å². The van der Waals surface area contributed by atoms with E-state index < -0.39 is 5.41 Å². The minimum Gasteiger partial charge on any atom is -0.256 e. The fourth-order valence-electron chi connectivity index (χ4n) is 1.48. The van der Waals surface area contributed by atoms with Crippen molar-refractivity contribution in [2.75, 3.05) is 0 Å². The summed E-state index contributed by atoms with van der Waals surface area (Å²) in [5.41, 5.74) is 1.45. The van der Waals surface area contributed by atoms with Crippen LogP contribution in [0.5, 0.6) is 0 Å². The third kappa shape index (κ3) is 1.69. The molecule has 0 amide bonds. The molecule has 0 radical (unpaired) electrons. The number of benzene rings is 1. The first kappa shape index (κ1) is 9.67. The molecule has 0 aliphatic rings. The van der Waals surface area contributed by atoms with E-state index in [1.165, 1.54) is 0 Å². The van der Waals surface area contributed by atoms with Gasteiger partial charge in [0.15, 0.2) is 0 Å². The fourth-order valence-corrected chi connectivity index (χ4v) is 1.48. The highest BCUT2D eigenvalue weighted by Gasteiger charge is 2.20. The molecule has 74 valence electrons. The largest absolute Gasteiger partial charge is 0.256 e. The number of aromatic nitrogens is 1. The van der Waals surface area contributed by atoms with E-state index in [9.17, 15) is 0 Å². The number of nitrogens with zero attached hydrogens (tertiary/aromatic N) is 2. The zero-order chi connectivity index (χ0) is 10.9. The molecule has 0 aliphatic carbocycles. The molecule has 1 aromatic heterocycles. The van der Waals surface area contributed by atoms with Crippen LogP contribution < -0.4 is 0 Å². The maximum Gasteiger partial charge on any atom is 0.0781 e. The van der Waals surface area contributed by atoms with Gasteiger partial charge in [-0.25, -0.2) is 0 Å². The van der Waals surface area contributed by atoms with Crippen LogP contribution in [0.3, 0.4) is 0 Å². The third-order valence-electron chi connectivity index (χ3n) is 2.59. The van der Waals surface area contributed by atoms with Crippen molar-refractivity contribution in [3.63, 3.8) is 0 Å². The van der Waals surface area contributed by atoms with Gasteiger partial charge in [-0.05, 0) is 31.5 Å². The fraction of sp³-hybridized carbons (Fsp3) is 0.231. The van der Waals surface area contributed by atoms with E-state index in [-0.39, 0.29) is 0 Å². The van der Waals surface area contributed by atoms with Crippen molar-refractivity contribution in [1.82, 2.24) is 4.98 Å². The third-order valence-corrected chi connectivity index (χ3v) is 2.59. The smallest absolute Gasteiger partial charge is 0.0781 e. The SMILES string of the molecule is CC(C)(C#N)c1cnc2ccccc2c1. The average molecular weight is 196 g/mol. The minimum absolute atomic E-state index is 0.475. The predicted octanol–water partition coefficient (Wildman–Crippen LogP) is 3.04. The van der Waals surface area contributed by atoms with E-state index >= 15 is 0 Å². The molecular formula is C13H12N2. The van der Waals surface area contributed by atoms with Crippen LogP contribution in [-0.4, -0.2) is 4.98 Å². The first-order valence-electron chi connectivity index (χ1n) is 4.90. The topological polar surface area (TPSA) is 36.7 Å². The van der Waals surface area contributed by atoms with E-state index in [1.807, 2.05) is 44.2 Å². The van der Waals surface area contributed by atoms with E-state index in [0.717, 1.165) is 16.5 Å². The summed E-state index contributed by atoms with van der Waals surface area (Å²) >= 11 is 0. The lowest BCUT2D eigenvalue weighted by atomic mass is 9.87. The second-order valence-electron chi connectivity index (χ2n) is 4.15. The average Bonchev–Trinajstić information content (AvgIpc) is 2.28. The molecule has 1 heterocycles. The van der Waals surface area contributed by atoms with Crippen molar-refractivity contribution in [3.05, 3.63) is 42.1 Å². The Bertz CT molecular complexity index is 535. The van der Waals surface area contributed by atoms with Crippen LogP contribution >= 0.6 is 0 Å². The van der Waals surface area contributed by atoms with Crippen LogP contribution in [0.4, 0.5) is 0 Å². The molecule has 0 aliphatic heterocycles. The molecule has 0 fully saturated rings. The van der Waals surface area contributed by atoms with Gasteiger partial charge >= 0.3 is 0 Å². The quantitative estimate of drug-likeness (QED) is 0.702. The van der Waals surface area contributed by atoms with E-state index in [1.54, 1.807) is 6.20 Å². The number of para-hydroxylation sites is 1. The Morgan fingerprint density at radius 2 is 2.00 bits per heavy atom. The summed E-state index contributed by atoms with van der Waals surface area (Å²) in [5.74, 6) is 0. The van der Waals surface area contributed by atoms with Crippen LogP contribution in [0.15, 0.2) is 36.5 Å². The normalized spacial score (nSPS) is 11.3. The Morgan fingerprint density at radius 1 is 1.27 bits per heavy atom.